The van der Waals surface area contributed by atoms with Crippen LogP contribution in [-0.2, 0) is 9.53 Å². The molecule has 0 heterocycles. The molecule has 0 aliphatic carbocycles. The lowest BCUT2D eigenvalue weighted by atomic mass is 10.2. The van der Waals surface area contributed by atoms with Gasteiger partial charge in [0, 0.05) is 11.9 Å². The highest BCUT2D eigenvalue weighted by Gasteiger charge is 2.15. The van der Waals surface area contributed by atoms with Crippen molar-refractivity contribution in [1.29, 1.82) is 0 Å². The molecule has 15 heavy (non-hydrogen) atoms. The third kappa shape index (κ3) is 2.95. The lowest BCUT2D eigenvalue weighted by Gasteiger charge is -2.06. The molecule has 0 saturated heterocycles. The van der Waals surface area contributed by atoms with Crippen LogP contribution in [0.15, 0.2) is 18.2 Å². The van der Waals surface area contributed by atoms with Gasteiger partial charge in [-0.3, -0.25) is 4.79 Å². The van der Waals surface area contributed by atoms with E-state index in [4.69, 9.17) is 16.3 Å². The Balaban J connectivity index is 3.05. The number of halogens is 1. The van der Waals surface area contributed by atoms with Crippen molar-refractivity contribution in [3.8, 4) is 5.75 Å². The zero-order valence-corrected chi connectivity index (χ0v) is 9.00. The normalized spacial score (nSPS) is 9.53. The minimum Gasteiger partial charge on any atom is -0.496 e. The van der Waals surface area contributed by atoms with E-state index in [1.807, 2.05) is 0 Å². The van der Waals surface area contributed by atoms with Crippen molar-refractivity contribution in [1.82, 2.24) is 0 Å². The summed E-state index contributed by atoms with van der Waals surface area (Å²) < 4.78 is 9.35. The minimum absolute atomic E-state index is 0.125. The number of esters is 2. The van der Waals surface area contributed by atoms with E-state index in [1.165, 1.54) is 19.2 Å². The number of carbonyl (C=O) groups is 2. The van der Waals surface area contributed by atoms with Crippen LogP contribution in [0.4, 0.5) is 0 Å². The predicted molar refractivity (Wildman–Crippen MR) is 54.1 cm³/mol. The summed E-state index contributed by atoms with van der Waals surface area (Å²) in [4.78, 5) is 22.0. The van der Waals surface area contributed by atoms with E-state index in [1.54, 1.807) is 6.07 Å². The molecule has 0 aromatic heterocycles. The molecule has 0 unspecified atom stereocenters. The van der Waals surface area contributed by atoms with Crippen molar-refractivity contribution in [3.05, 3.63) is 28.8 Å². The Morgan fingerprint density at radius 3 is 2.53 bits per heavy atom. The Morgan fingerprint density at radius 2 is 2.00 bits per heavy atom. The molecular weight excluding hydrogens is 220 g/mol. The summed E-state index contributed by atoms with van der Waals surface area (Å²) in [5.74, 6) is -1.14. The summed E-state index contributed by atoms with van der Waals surface area (Å²) in [6.45, 7) is 1.15. The van der Waals surface area contributed by atoms with Crippen LogP contribution in [0, 0.1) is 0 Å². The molecular formula is C10H9ClO4. The summed E-state index contributed by atoms with van der Waals surface area (Å²) in [5, 5.41) is 0.367. The van der Waals surface area contributed by atoms with E-state index in [0.717, 1.165) is 6.92 Å². The van der Waals surface area contributed by atoms with Gasteiger partial charge in [0.15, 0.2) is 0 Å². The third-order valence-electron chi connectivity index (χ3n) is 1.62. The molecule has 1 aromatic carbocycles. The Bertz CT molecular complexity index is 400. The number of hydrogen-bond donors (Lipinski definition) is 0. The fourth-order valence-electron chi connectivity index (χ4n) is 1.03. The summed E-state index contributed by atoms with van der Waals surface area (Å²) in [6.07, 6.45) is 0. The molecule has 0 bridgehead atoms. The topological polar surface area (TPSA) is 52.6 Å². The maximum atomic E-state index is 11.4. The maximum absolute atomic E-state index is 11.4. The Hall–Kier alpha value is -1.55. The molecule has 0 spiro atoms. The second-order valence-corrected chi connectivity index (χ2v) is 3.16. The first-order chi connectivity index (χ1) is 7.04. The van der Waals surface area contributed by atoms with Crippen molar-refractivity contribution in [3.63, 3.8) is 0 Å². The summed E-state index contributed by atoms with van der Waals surface area (Å²) in [6, 6.07) is 4.48. The van der Waals surface area contributed by atoms with Gasteiger partial charge in [-0.15, -0.1) is 0 Å². The van der Waals surface area contributed by atoms with Gasteiger partial charge in [-0.05, 0) is 18.2 Å². The lowest BCUT2D eigenvalue weighted by molar-refractivity contribution is -0.135. The van der Waals surface area contributed by atoms with Gasteiger partial charge < -0.3 is 9.47 Å². The zero-order chi connectivity index (χ0) is 11.4. The van der Waals surface area contributed by atoms with E-state index in [-0.39, 0.29) is 5.56 Å². The van der Waals surface area contributed by atoms with Crippen LogP contribution in [0.25, 0.3) is 0 Å². The molecule has 0 saturated carbocycles. The van der Waals surface area contributed by atoms with Crippen LogP contribution in [0.1, 0.15) is 17.3 Å². The molecule has 1 aromatic rings. The predicted octanol–water partition coefficient (Wildman–Crippen LogP) is 2.05. The largest absolute Gasteiger partial charge is 0.496 e. The first-order valence-electron chi connectivity index (χ1n) is 4.11. The fraction of sp³-hybridized carbons (Fsp3) is 0.200. The first-order valence-corrected chi connectivity index (χ1v) is 4.48. The van der Waals surface area contributed by atoms with Gasteiger partial charge in [-0.2, -0.15) is 0 Å². The molecule has 0 atom stereocenters. The number of benzene rings is 1. The average molecular weight is 229 g/mol. The Kier molecular flexibility index (Phi) is 3.68. The fourth-order valence-corrected chi connectivity index (χ4v) is 1.20. The molecule has 4 nitrogen and oxygen atoms in total. The summed E-state index contributed by atoms with van der Waals surface area (Å²) in [5.41, 5.74) is 0.125. The van der Waals surface area contributed by atoms with Gasteiger partial charge in [0.25, 0.3) is 0 Å². The van der Waals surface area contributed by atoms with Gasteiger partial charge in [0.1, 0.15) is 11.3 Å². The molecule has 0 aliphatic rings. The molecule has 0 fully saturated rings. The van der Waals surface area contributed by atoms with E-state index in [2.05, 4.69) is 4.74 Å². The number of carbonyl (C=O) groups excluding carboxylic acids is 2. The summed E-state index contributed by atoms with van der Waals surface area (Å²) in [7, 11) is 1.41. The average Bonchev–Trinajstić information content (AvgIpc) is 2.16. The third-order valence-corrected chi connectivity index (χ3v) is 1.85. The second kappa shape index (κ2) is 4.79. The van der Waals surface area contributed by atoms with Gasteiger partial charge in [-0.1, -0.05) is 11.6 Å². The number of methoxy groups -OCH3 is 1. The van der Waals surface area contributed by atoms with Crippen LogP contribution < -0.4 is 4.74 Å². The van der Waals surface area contributed by atoms with Crippen molar-refractivity contribution in [2.24, 2.45) is 0 Å². The van der Waals surface area contributed by atoms with E-state index >= 15 is 0 Å². The van der Waals surface area contributed by atoms with Crippen molar-refractivity contribution in [2.75, 3.05) is 7.11 Å². The molecule has 5 heteroatoms. The molecule has 0 radical (unpaired) electrons. The SMILES string of the molecule is COc1ccc(Cl)cc1C(=O)OC(C)=O. The highest BCUT2D eigenvalue weighted by atomic mass is 35.5. The van der Waals surface area contributed by atoms with E-state index < -0.39 is 11.9 Å². The molecule has 1 rings (SSSR count). The standard InChI is InChI=1S/C10H9ClO4/c1-6(12)15-10(13)8-5-7(11)3-4-9(8)14-2/h3-5H,1-2H3. The maximum Gasteiger partial charge on any atom is 0.349 e. The molecule has 80 valence electrons. The lowest BCUT2D eigenvalue weighted by Crippen LogP contribution is -2.10. The second-order valence-electron chi connectivity index (χ2n) is 2.73. The van der Waals surface area contributed by atoms with Crippen molar-refractivity contribution < 1.29 is 19.1 Å². The van der Waals surface area contributed by atoms with Gasteiger partial charge in [0.05, 0.1) is 7.11 Å². The Labute approximate surface area is 91.7 Å². The van der Waals surface area contributed by atoms with E-state index in [9.17, 15) is 9.59 Å². The van der Waals surface area contributed by atoms with Gasteiger partial charge in [0.2, 0.25) is 0 Å². The van der Waals surface area contributed by atoms with Crippen LogP contribution in [0.3, 0.4) is 0 Å². The highest BCUT2D eigenvalue weighted by Crippen LogP contribution is 2.23. The zero-order valence-electron chi connectivity index (χ0n) is 8.24. The quantitative estimate of drug-likeness (QED) is 0.574. The van der Waals surface area contributed by atoms with Crippen LogP contribution in [0.2, 0.25) is 5.02 Å². The summed E-state index contributed by atoms with van der Waals surface area (Å²) >= 11 is 5.71. The van der Waals surface area contributed by atoms with E-state index in [0.29, 0.717) is 10.8 Å². The highest BCUT2D eigenvalue weighted by molar-refractivity contribution is 6.31. The van der Waals surface area contributed by atoms with Crippen molar-refractivity contribution in [2.45, 2.75) is 6.92 Å². The number of rotatable bonds is 2. The number of hydrogen-bond acceptors (Lipinski definition) is 4. The monoisotopic (exact) mass is 228 g/mol. The number of ether oxygens (including phenoxy) is 2. The van der Waals surface area contributed by atoms with Crippen molar-refractivity contribution >= 4 is 23.5 Å². The molecule has 0 amide bonds. The molecule has 0 N–H and O–H groups in total. The smallest absolute Gasteiger partial charge is 0.349 e. The van der Waals surface area contributed by atoms with Gasteiger partial charge >= 0.3 is 11.9 Å². The first kappa shape index (κ1) is 11.5. The van der Waals surface area contributed by atoms with Crippen LogP contribution >= 0.6 is 11.6 Å². The van der Waals surface area contributed by atoms with Gasteiger partial charge in [-0.25, -0.2) is 4.79 Å². The van der Waals surface area contributed by atoms with Crippen LogP contribution in [0.5, 0.6) is 5.75 Å². The Morgan fingerprint density at radius 1 is 1.33 bits per heavy atom. The minimum atomic E-state index is -0.776. The van der Waals surface area contributed by atoms with Crippen LogP contribution in [-0.4, -0.2) is 19.0 Å². The molecule has 0 aliphatic heterocycles.